The van der Waals surface area contributed by atoms with E-state index in [1.165, 1.54) is 0 Å². The van der Waals surface area contributed by atoms with Gasteiger partial charge in [0.05, 0.1) is 18.5 Å². The van der Waals surface area contributed by atoms with Crippen LogP contribution < -0.4 is 5.73 Å². The number of nitrogens with two attached hydrogens (primary N) is 1. The number of nitrogen functional groups attached to an aromatic ring is 1. The molecule has 2 heterocycles. The minimum atomic E-state index is -0.334. The maximum atomic E-state index is 13.0. The first-order chi connectivity index (χ1) is 16.0. The van der Waals surface area contributed by atoms with E-state index in [2.05, 4.69) is 15.0 Å². The largest absolute Gasteiger partial charge is 0.461 e. The van der Waals surface area contributed by atoms with E-state index in [-0.39, 0.29) is 28.8 Å². The van der Waals surface area contributed by atoms with Gasteiger partial charge in [-0.15, -0.1) is 0 Å². The molecule has 0 radical (unpaired) electrons. The van der Waals surface area contributed by atoms with Crippen molar-refractivity contribution in [1.29, 1.82) is 0 Å². The summed E-state index contributed by atoms with van der Waals surface area (Å²) in [6, 6.07) is 17.9. The van der Waals surface area contributed by atoms with Gasteiger partial charge in [0.15, 0.2) is 5.65 Å². The van der Waals surface area contributed by atoms with E-state index in [0.717, 1.165) is 19.3 Å². The molecule has 1 aliphatic carbocycles. The number of carbonyl (C=O) groups is 2. The fourth-order valence-electron chi connectivity index (χ4n) is 4.22. The molecule has 33 heavy (non-hydrogen) atoms. The highest BCUT2D eigenvalue weighted by Gasteiger charge is 2.39. The number of hydrogen-bond acceptors (Lipinski definition) is 7. The van der Waals surface area contributed by atoms with Crippen molar-refractivity contribution in [2.24, 2.45) is 5.41 Å². The normalized spacial score (nSPS) is 14.5. The van der Waals surface area contributed by atoms with Gasteiger partial charge in [0, 0.05) is 17.5 Å². The van der Waals surface area contributed by atoms with E-state index in [0.29, 0.717) is 35.4 Å². The second-order valence-electron chi connectivity index (χ2n) is 8.47. The summed E-state index contributed by atoms with van der Waals surface area (Å²) in [7, 11) is 0. The van der Waals surface area contributed by atoms with E-state index in [4.69, 9.17) is 10.5 Å². The Kier molecular flexibility index (Phi) is 5.34. The van der Waals surface area contributed by atoms with Crippen LogP contribution in [0.3, 0.4) is 0 Å². The molecule has 8 nitrogen and oxygen atoms in total. The Balaban J connectivity index is 1.40. The number of hydrogen-bond donors (Lipinski definition) is 1. The SMILES string of the molecule is Nc1nc(C(=O)c2ccccc2)c2ncn(CC3(COC(=O)c4ccccc4)CCC3)c2n1. The predicted octanol–water partition coefficient (Wildman–Crippen LogP) is 3.67. The van der Waals surface area contributed by atoms with Crippen molar-refractivity contribution in [3.8, 4) is 0 Å². The summed E-state index contributed by atoms with van der Waals surface area (Å²) in [5.74, 6) is -0.573. The highest BCUT2D eigenvalue weighted by Crippen LogP contribution is 2.43. The number of anilines is 1. The average Bonchev–Trinajstić information content (AvgIpc) is 3.22. The number of imidazole rings is 1. The van der Waals surface area contributed by atoms with Crippen molar-refractivity contribution in [3.63, 3.8) is 0 Å². The van der Waals surface area contributed by atoms with Crippen LogP contribution in [-0.2, 0) is 11.3 Å². The van der Waals surface area contributed by atoms with Gasteiger partial charge in [0.1, 0.15) is 11.2 Å². The average molecular weight is 441 g/mol. The standard InChI is InChI=1S/C25H23N5O3/c26-24-28-19(21(31)17-8-3-1-4-9-17)20-22(29-24)30(16-27-20)14-25(12-7-13-25)15-33-23(32)18-10-5-2-6-11-18/h1-6,8-11,16H,7,12-15H2,(H2,26,28,29). The lowest BCUT2D eigenvalue weighted by Crippen LogP contribution is -2.39. The summed E-state index contributed by atoms with van der Waals surface area (Å²) in [6.07, 6.45) is 4.56. The van der Waals surface area contributed by atoms with Gasteiger partial charge in [0.25, 0.3) is 0 Å². The van der Waals surface area contributed by atoms with Crippen LogP contribution in [0.4, 0.5) is 5.95 Å². The van der Waals surface area contributed by atoms with E-state index < -0.39 is 0 Å². The highest BCUT2D eigenvalue weighted by atomic mass is 16.5. The fourth-order valence-corrected chi connectivity index (χ4v) is 4.22. The second kappa shape index (κ2) is 8.46. The molecular formula is C25H23N5O3. The second-order valence-corrected chi connectivity index (χ2v) is 8.47. The Morgan fingerprint density at radius 1 is 0.970 bits per heavy atom. The molecule has 0 amide bonds. The summed E-state index contributed by atoms with van der Waals surface area (Å²) in [5, 5.41) is 0. The number of esters is 1. The monoisotopic (exact) mass is 441 g/mol. The third-order valence-corrected chi connectivity index (χ3v) is 6.17. The Labute approximate surface area is 190 Å². The molecule has 1 aliphatic rings. The van der Waals surface area contributed by atoms with Gasteiger partial charge in [-0.05, 0) is 25.0 Å². The van der Waals surface area contributed by atoms with Gasteiger partial charge in [-0.3, -0.25) is 4.79 Å². The molecule has 0 unspecified atom stereocenters. The first-order valence-electron chi connectivity index (χ1n) is 10.8. The minimum absolute atomic E-state index is 0.0155. The molecule has 2 aromatic heterocycles. The van der Waals surface area contributed by atoms with Crippen LogP contribution >= 0.6 is 0 Å². The van der Waals surface area contributed by atoms with Crippen LogP contribution in [0.1, 0.15) is 45.7 Å². The number of aromatic nitrogens is 4. The van der Waals surface area contributed by atoms with Crippen molar-refractivity contribution >= 4 is 28.9 Å². The molecule has 0 atom stereocenters. The van der Waals surface area contributed by atoms with E-state index >= 15 is 0 Å². The van der Waals surface area contributed by atoms with Crippen molar-refractivity contribution < 1.29 is 14.3 Å². The molecule has 166 valence electrons. The third-order valence-electron chi connectivity index (χ3n) is 6.17. The first kappa shape index (κ1) is 20.8. The molecule has 4 aromatic rings. The Morgan fingerprint density at radius 3 is 2.27 bits per heavy atom. The summed E-state index contributed by atoms with van der Waals surface area (Å²) in [4.78, 5) is 38.5. The lowest BCUT2D eigenvalue weighted by atomic mass is 9.69. The molecule has 0 aliphatic heterocycles. The minimum Gasteiger partial charge on any atom is -0.461 e. The summed E-state index contributed by atoms with van der Waals surface area (Å²) >= 11 is 0. The molecule has 2 aromatic carbocycles. The van der Waals surface area contributed by atoms with E-state index in [9.17, 15) is 9.59 Å². The van der Waals surface area contributed by atoms with Gasteiger partial charge in [0.2, 0.25) is 11.7 Å². The molecule has 0 spiro atoms. The van der Waals surface area contributed by atoms with Crippen LogP contribution in [0.2, 0.25) is 0 Å². The lowest BCUT2D eigenvalue weighted by Gasteiger charge is -2.41. The van der Waals surface area contributed by atoms with Crippen LogP contribution in [-0.4, -0.2) is 37.9 Å². The zero-order valence-corrected chi connectivity index (χ0v) is 18.0. The topological polar surface area (TPSA) is 113 Å². The zero-order chi connectivity index (χ0) is 22.8. The van der Waals surface area contributed by atoms with Gasteiger partial charge in [-0.1, -0.05) is 55.0 Å². The molecule has 1 fully saturated rings. The van der Waals surface area contributed by atoms with Gasteiger partial charge >= 0.3 is 5.97 Å². The van der Waals surface area contributed by atoms with Crippen LogP contribution in [0, 0.1) is 5.41 Å². The fraction of sp³-hybridized carbons (Fsp3) is 0.240. The number of carbonyl (C=O) groups excluding carboxylic acids is 2. The Morgan fingerprint density at radius 2 is 1.64 bits per heavy atom. The zero-order valence-electron chi connectivity index (χ0n) is 18.0. The summed E-state index contributed by atoms with van der Waals surface area (Å²) < 4.78 is 7.54. The summed E-state index contributed by atoms with van der Waals surface area (Å²) in [5.41, 5.74) is 7.89. The van der Waals surface area contributed by atoms with Crippen molar-refractivity contribution in [2.45, 2.75) is 25.8 Å². The quantitative estimate of drug-likeness (QED) is 0.344. The smallest absolute Gasteiger partial charge is 0.338 e. The van der Waals surface area contributed by atoms with Gasteiger partial charge < -0.3 is 15.0 Å². The van der Waals surface area contributed by atoms with Gasteiger partial charge in [-0.2, -0.15) is 4.98 Å². The predicted molar refractivity (Wildman–Crippen MR) is 123 cm³/mol. The number of benzene rings is 2. The van der Waals surface area contributed by atoms with Crippen molar-refractivity contribution in [1.82, 2.24) is 19.5 Å². The third kappa shape index (κ3) is 4.07. The van der Waals surface area contributed by atoms with Crippen molar-refractivity contribution in [2.75, 3.05) is 12.3 Å². The molecule has 0 bridgehead atoms. The van der Waals surface area contributed by atoms with Crippen LogP contribution in [0.15, 0.2) is 67.0 Å². The first-order valence-corrected chi connectivity index (χ1v) is 10.8. The maximum absolute atomic E-state index is 13.0. The van der Waals surface area contributed by atoms with Crippen LogP contribution in [0.25, 0.3) is 11.2 Å². The number of nitrogens with zero attached hydrogens (tertiary/aromatic N) is 4. The molecule has 0 saturated heterocycles. The number of rotatable bonds is 7. The van der Waals surface area contributed by atoms with Crippen LogP contribution in [0.5, 0.6) is 0 Å². The highest BCUT2D eigenvalue weighted by molar-refractivity contribution is 6.13. The van der Waals surface area contributed by atoms with Gasteiger partial charge in [-0.25, -0.2) is 14.8 Å². The lowest BCUT2D eigenvalue weighted by molar-refractivity contribution is -0.00623. The molecule has 2 N–H and O–H groups in total. The molecular weight excluding hydrogens is 418 g/mol. The van der Waals surface area contributed by atoms with Crippen molar-refractivity contribution in [3.05, 3.63) is 83.8 Å². The Bertz CT molecular complexity index is 1310. The number of ketones is 1. The number of fused-ring (bicyclic) bond motifs is 1. The number of ether oxygens (including phenoxy) is 1. The molecule has 1 saturated carbocycles. The Hall–Kier alpha value is -4.07. The maximum Gasteiger partial charge on any atom is 0.338 e. The van der Waals surface area contributed by atoms with E-state index in [1.54, 1.807) is 42.7 Å². The summed E-state index contributed by atoms with van der Waals surface area (Å²) in [6.45, 7) is 0.859. The molecule has 8 heteroatoms. The van der Waals surface area contributed by atoms with E-state index in [1.807, 2.05) is 28.8 Å². The molecule has 5 rings (SSSR count).